The topological polar surface area (TPSA) is 102 Å². The molecule has 1 aliphatic rings. The van der Waals surface area contributed by atoms with Gasteiger partial charge in [0.1, 0.15) is 5.75 Å². The summed E-state index contributed by atoms with van der Waals surface area (Å²) in [5.41, 5.74) is -0.697. The third-order valence-corrected chi connectivity index (χ3v) is 5.52. The summed E-state index contributed by atoms with van der Waals surface area (Å²) >= 11 is 1.37. The Bertz CT molecular complexity index is 1040. The van der Waals surface area contributed by atoms with Crippen molar-refractivity contribution < 1.29 is 23.1 Å². The summed E-state index contributed by atoms with van der Waals surface area (Å²) in [6.45, 7) is -1.45. The van der Waals surface area contributed by atoms with E-state index < -0.39 is 24.1 Å². The van der Waals surface area contributed by atoms with Gasteiger partial charge in [0.15, 0.2) is 11.4 Å². The number of urea groups is 1. The van der Waals surface area contributed by atoms with Gasteiger partial charge < -0.3 is 10.1 Å². The van der Waals surface area contributed by atoms with Crippen molar-refractivity contribution in [3.05, 3.63) is 52.5 Å². The van der Waals surface area contributed by atoms with Gasteiger partial charge in [-0.05, 0) is 53.1 Å². The number of rotatable bonds is 6. The molecule has 3 amide bonds. The van der Waals surface area contributed by atoms with Crippen molar-refractivity contribution in [3.8, 4) is 11.4 Å². The van der Waals surface area contributed by atoms with Gasteiger partial charge in [-0.3, -0.25) is 9.69 Å². The predicted molar refractivity (Wildman–Crippen MR) is 96.5 cm³/mol. The van der Waals surface area contributed by atoms with Gasteiger partial charge in [-0.15, -0.1) is 16.4 Å². The first kappa shape index (κ1) is 18.9. The molecule has 9 nitrogen and oxygen atoms in total. The summed E-state index contributed by atoms with van der Waals surface area (Å²) in [6.07, 6.45) is 0. The zero-order valence-corrected chi connectivity index (χ0v) is 15.8. The zero-order chi connectivity index (χ0) is 20.6. The van der Waals surface area contributed by atoms with E-state index in [9.17, 15) is 18.4 Å². The van der Waals surface area contributed by atoms with Crippen molar-refractivity contribution in [1.29, 1.82) is 0 Å². The summed E-state index contributed by atoms with van der Waals surface area (Å²) in [6, 6.07) is 8.68. The molecule has 3 heterocycles. The van der Waals surface area contributed by atoms with E-state index in [-0.39, 0.29) is 18.1 Å². The standard InChI is InChI=1S/C17H14F2N6O3S/c1-17(12-3-2-8-29-12)14(26)24(16(27)20-17)9-13-21-22-23-25(13)10-4-6-11(7-5-10)28-15(18)19/h2-8,15H,9H2,1H3,(H,20,27). The first-order valence-corrected chi connectivity index (χ1v) is 9.27. The number of imide groups is 1. The molecule has 4 rings (SSSR count). The van der Waals surface area contributed by atoms with Gasteiger partial charge in [-0.2, -0.15) is 13.5 Å². The molecular formula is C17H14F2N6O3S. The van der Waals surface area contributed by atoms with E-state index in [0.29, 0.717) is 10.6 Å². The summed E-state index contributed by atoms with van der Waals surface area (Å²) < 4.78 is 30.2. The Morgan fingerprint density at radius 1 is 1.24 bits per heavy atom. The zero-order valence-electron chi connectivity index (χ0n) is 15.0. The van der Waals surface area contributed by atoms with E-state index in [0.717, 1.165) is 4.90 Å². The Morgan fingerprint density at radius 2 is 2.00 bits per heavy atom. The molecule has 0 saturated carbocycles. The van der Waals surface area contributed by atoms with Crippen LogP contribution >= 0.6 is 11.3 Å². The van der Waals surface area contributed by atoms with Gasteiger partial charge in [0.2, 0.25) is 0 Å². The van der Waals surface area contributed by atoms with Crippen molar-refractivity contribution in [2.45, 2.75) is 25.6 Å². The summed E-state index contributed by atoms with van der Waals surface area (Å²) in [4.78, 5) is 27.1. The minimum absolute atomic E-state index is 0.0146. The van der Waals surface area contributed by atoms with Crippen LogP contribution in [0.4, 0.5) is 13.6 Å². The van der Waals surface area contributed by atoms with E-state index in [1.54, 1.807) is 19.1 Å². The molecule has 1 atom stereocenters. The Labute approximate surface area is 166 Å². The molecule has 29 heavy (non-hydrogen) atoms. The Hall–Kier alpha value is -3.41. The molecule has 3 aromatic rings. The van der Waals surface area contributed by atoms with Crippen LogP contribution in [0.2, 0.25) is 0 Å². The highest BCUT2D eigenvalue weighted by Gasteiger charge is 2.50. The molecular weight excluding hydrogens is 406 g/mol. The van der Waals surface area contributed by atoms with Crippen molar-refractivity contribution in [3.63, 3.8) is 0 Å². The normalized spacial score (nSPS) is 19.1. The number of amides is 3. The van der Waals surface area contributed by atoms with Crippen LogP contribution in [0.25, 0.3) is 5.69 Å². The van der Waals surface area contributed by atoms with E-state index in [4.69, 9.17) is 0 Å². The molecule has 12 heteroatoms. The number of thiophene rings is 1. The third kappa shape index (κ3) is 3.42. The average Bonchev–Trinajstić information content (AvgIpc) is 3.41. The van der Waals surface area contributed by atoms with E-state index >= 15 is 0 Å². The number of alkyl halides is 2. The maximum absolute atomic E-state index is 12.9. The van der Waals surface area contributed by atoms with Crippen molar-refractivity contribution in [2.24, 2.45) is 0 Å². The summed E-state index contributed by atoms with van der Waals surface area (Å²) in [5.74, 6) is -0.203. The van der Waals surface area contributed by atoms with Gasteiger partial charge in [0, 0.05) is 4.88 Å². The number of halogens is 2. The number of carbonyl (C=O) groups excluding carboxylic acids is 2. The molecule has 2 aromatic heterocycles. The second kappa shape index (κ2) is 7.20. The molecule has 1 aromatic carbocycles. The molecule has 1 saturated heterocycles. The monoisotopic (exact) mass is 420 g/mol. The van der Waals surface area contributed by atoms with Crippen LogP contribution in [-0.2, 0) is 16.9 Å². The lowest BCUT2D eigenvalue weighted by Gasteiger charge is -2.19. The number of nitrogens with zero attached hydrogens (tertiary/aromatic N) is 5. The fraction of sp³-hybridized carbons (Fsp3) is 0.235. The first-order valence-electron chi connectivity index (χ1n) is 8.39. The van der Waals surface area contributed by atoms with Gasteiger partial charge >= 0.3 is 12.6 Å². The number of aromatic nitrogens is 4. The number of tetrazole rings is 1. The maximum atomic E-state index is 12.9. The highest BCUT2D eigenvalue weighted by Crippen LogP contribution is 2.32. The van der Waals surface area contributed by atoms with Crippen molar-refractivity contribution in [1.82, 2.24) is 30.4 Å². The van der Waals surface area contributed by atoms with E-state index in [1.807, 2.05) is 5.38 Å². The minimum Gasteiger partial charge on any atom is -0.435 e. The average molecular weight is 420 g/mol. The number of carbonyl (C=O) groups is 2. The van der Waals surface area contributed by atoms with Gasteiger partial charge in [-0.25, -0.2) is 4.79 Å². The number of hydrogen-bond acceptors (Lipinski definition) is 7. The first-order chi connectivity index (χ1) is 13.9. The molecule has 0 spiro atoms. The third-order valence-electron chi connectivity index (χ3n) is 4.43. The molecule has 1 aliphatic heterocycles. The summed E-state index contributed by atoms with van der Waals surface area (Å²) in [5, 5.41) is 15.9. The second-order valence-corrected chi connectivity index (χ2v) is 7.25. The maximum Gasteiger partial charge on any atom is 0.387 e. The van der Waals surface area contributed by atoms with Crippen molar-refractivity contribution in [2.75, 3.05) is 0 Å². The van der Waals surface area contributed by atoms with Gasteiger partial charge in [0.25, 0.3) is 5.91 Å². The van der Waals surface area contributed by atoms with Crippen LogP contribution in [0.1, 0.15) is 17.6 Å². The number of hydrogen-bond donors (Lipinski definition) is 1. The van der Waals surface area contributed by atoms with E-state index in [1.165, 1.54) is 40.3 Å². The lowest BCUT2D eigenvalue weighted by Crippen LogP contribution is -2.40. The number of ether oxygens (including phenoxy) is 1. The van der Waals surface area contributed by atoms with E-state index in [2.05, 4.69) is 25.6 Å². The SMILES string of the molecule is CC1(c2cccs2)NC(=O)N(Cc2nnnn2-c2ccc(OC(F)F)cc2)C1=O. The van der Waals surface area contributed by atoms with Crippen LogP contribution < -0.4 is 10.1 Å². The smallest absolute Gasteiger partial charge is 0.387 e. The van der Waals surface area contributed by atoms with Gasteiger partial charge in [0.05, 0.1) is 12.2 Å². The molecule has 1 unspecified atom stereocenters. The fourth-order valence-corrected chi connectivity index (χ4v) is 3.82. The van der Waals surface area contributed by atoms with Crippen LogP contribution in [0, 0.1) is 0 Å². The molecule has 0 radical (unpaired) electrons. The quantitative estimate of drug-likeness (QED) is 0.614. The number of nitrogens with one attached hydrogen (secondary N) is 1. The predicted octanol–water partition coefficient (Wildman–Crippen LogP) is 2.29. The van der Waals surface area contributed by atoms with Crippen LogP contribution in [0.3, 0.4) is 0 Å². The fourth-order valence-electron chi connectivity index (χ4n) is 2.99. The van der Waals surface area contributed by atoms with Crippen LogP contribution in [0.15, 0.2) is 41.8 Å². The molecule has 1 N–H and O–H groups in total. The van der Waals surface area contributed by atoms with Crippen molar-refractivity contribution >= 4 is 23.3 Å². The van der Waals surface area contributed by atoms with Gasteiger partial charge in [-0.1, -0.05) is 6.07 Å². The lowest BCUT2D eigenvalue weighted by molar-refractivity contribution is -0.131. The second-order valence-electron chi connectivity index (χ2n) is 6.30. The number of benzene rings is 1. The molecule has 0 bridgehead atoms. The lowest BCUT2D eigenvalue weighted by atomic mass is 10.0. The van der Waals surface area contributed by atoms with Crippen LogP contribution in [-0.4, -0.2) is 43.7 Å². The largest absolute Gasteiger partial charge is 0.435 e. The Morgan fingerprint density at radius 3 is 2.66 bits per heavy atom. The molecule has 150 valence electrons. The Kier molecular flexibility index (Phi) is 4.70. The summed E-state index contributed by atoms with van der Waals surface area (Å²) in [7, 11) is 0. The Balaban J connectivity index is 1.56. The highest BCUT2D eigenvalue weighted by atomic mass is 32.1. The highest BCUT2D eigenvalue weighted by molar-refractivity contribution is 7.10. The molecule has 0 aliphatic carbocycles. The van der Waals surface area contributed by atoms with Crippen LogP contribution in [0.5, 0.6) is 5.75 Å². The molecule has 1 fully saturated rings. The minimum atomic E-state index is -2.93.